The molecule has 5 heteroatoms. The molecule has 16 heavy (non-hydrogen) atoms. The summed E-state index contributed by atoms with van der Waals surface area (Å²) in [6, 6.07) is 9.02. The smallest absolute Gasteiger partial charge is 0.274 e. The molecular weight excluding hydrogens is 206 g/mol. The lowest BCUT2D eigenvalue weighted by atomic mass is 10.3. The number of nitrogens with one attached hydrogen (secondary N) is 1. The molecule has 0 heterocycles. The minimum absolute atomic E-state index is 0.0776. The second-order valence-corrected chi connectivity index (χ2v) is 3.60. The summed E-state index contributed by atoms with van der Waals surface area (Å²) >= 11 is 0. The number of para-hydroxylation sites is 1. The number of oxime groups is 1. The van der Waals surface area contributed by atoms with Gasteiger partial charge < -0.3 is 15.4 Å². The first kappa shape index (κ1) is 12.2. The van der Waals surface area contributed by atoms with Gasteiger partial charge in [0, 0.05) is 12.2 Å². The number of benzene rings is 1. The van der Waals surface area contributed by atoms with E-state index >= 15 is 0 Å². The maximum atomic E-state index is 11.7. The van der Waals surface area contributed by atoms with E-state index in [1.165, 1.54) is 0 Å². The summed E-state index contributed by atoms with van der Waals surface area (Å²) in [5.41, 5.74) is 0.751. The van der Waals surface area contributed by atoms with E-state index in [-0.39, 0.29) is 12.3 Å². The van der Waals surface area contributed by atoms with E-state index in [9.17, 15) is 4.79 Å². The summed E-state index contributed by atoms with van der Waals surface area (Å²) in [5.74, 6) is -0.401. The standard InChI is InChI=1S/C11H15N3O2/c1-14(2)8-10(13-16)11(15)12-9-6-4-3-5-7-9/h3-7,16H,8H2,1-2H3,(H,12,15)/b13-10+. The zero-order chi connectivity index (χ0) is 12.0. The van der Waals surface area contributed by atoms with Crippen LogP contribution in [0.2, 0.25) is 0 Å². The van der Waals surface area contributed by atoms with Crippen LogP contribution in [-0.2, 0) is 4.79 Å². The molecule has 0 saturated carbocycles. The zero-order valence-corrected chi connectivity index (χ0v) is 9.34. The topological polar surface area (TPSA) is 64.9 Å². The third kappa shape index (κ3) is 3.70. The first-order valence-corrected chi connectivity index (χ1v) is 4.85. The van der Waals surface area contributed by atoms with Crippen LogP contribution in [0.1, 0.15) is 0 Å². The van der Waals surface area contributed by atoms with Crippen molar-refractivity contribution < 1.29 is 10.0 Å². The van der Waals surface area contributed by atoms with Crippen LogP contribution in [0.15, 0.2) is 35.5 Å². The van der Waals surface area contributed by atoms with Gasteiger partial charge in [-0.3, -0.25) is 4.79 Å². The Kier molecular flexibility index (Phi) is 4.47. The van der Waals surface area contributed by atoms with Crippen molar-refractivity contribution in [3.05, 3.63) is 30.3 Å². The maximum absolute atomic E-state index is 11.7. The van der Waals surface area contributed by atoms with Crippen LogP contribution in [0.25, 0.3) is 0 Å². The van der Waals surface area contributed by atoms with Gasteiger partial charge >= 0.3 is 0 Å². The van der Waals surface area contributed by atoms with Crippen molar-refractivity contribution in [3.63, 3.8) is 0 Å². The van der Waals surface area contributed by atoms with E-state index in [4.69, 9.17) is 5.21 Å². The first-order valence-electron chi connectivity index (χ1n) is 4.85. The Hall–Kier alpha value is -1.88. The van der Waals surface area contributed by atoms with Crippen LogP contribution < -0.4 is 5.32 Å². The van der Waals surface area contributed by atoms with E-state index < -0.39 is 5.91 Å². The summed E-state index contributed by atoms with van der Waals surface area (Å²) in [4.78, 5) is 13.4. The molecule has 0 bridgehead atoms. The van der Waals surface area contributed by atoms with Gasteiger partial charge in [0.2, 0.25) is 0 Å². The van der Waals surface area contributed by atoms with E-state index in [1.807, 2.05) is 18.2 Å². The number of rotatable bonds is 4. The molecule has 0 aliphatic carbocycles. The van der Waals surface area contributed by atoms with Crippen molar-refractivity contribution in [2.24, 2.45) is 5.16 Å². The summed E-state index contributed by atoms with van der Waals surface area (Å²) in [6.45, 7) is 0.287. The summed E-state index contributed by atoms with van der Waals surface area (Å²) in [7, 11) is 3.59. The molecule has 5 nitrogen and oxygen atoms in total. The molecule has 0 aliphatic heterocycles. The molecular formula is C11H15N3O2. The minimum atomic E-state index is -0.401. The number of hydrogen-bond acceptors (Lipinski definition) is 4. The second-order valence-electron chi connectivity index (χ2n) is 3.60. The summed E-state index contributed by atoms with van der Waals surface area (Å²) in [6.07, 6.45) is 0. The highest BCUT2D eigenvalue weighted by molar-refractivity contribution is 6.43. The fourth-order valence-electron chi connectivity index (χ4n) is 1.17. The predicted molar refractivity (Wildman–Crippen MR) is 62.8 cm³/mol. The van der Waals surface area contributed by atoms with Gasteiger partial charge in [0.25, 0.3) is 5.91 Å². The van der Waals surface area contributed by atoms with Crippen molar-refractivity contribution in [2.45, 2.75) is 0 Å². The number of anilines is 1. The van der Waals surface area contributed by atoms with Crippen LogP contribution in [-0.4, -0.2) is 42.4 Å². The van der Waals surface area contributed by atoms with Crippen LogP contribution in [0.5, 0.6) is 0 Å². The monoisotopic (exact) mass is 221 g/mol. The zero-order valence-electron chi connectivity index (χ0n) is 9.34. The number of carbonyl (C=O) groups is 1. The highest BCUT2D eigenvalue weighted by Gasteiger charge is 2.12. The van der Waals surface area contributed by atoms with Crippen molar-refractivity contribution in [1.29, 1.82) is 0 Å². The highest BCUT2D eigenvalue weighted by atomic mass is 16.4. The molecule has 0 spiro atoms. The molecule has 1 aromatic carbocycles. The highest BCUT2D eigenvalue weighted by Crippen LogP contribution is 2.04. The molecule has 0 saturated heterocycles. The Bertz CT molecular complexity index is 374. The van der Waals surface area contributed by atoms with Crippen LogP contribution in [0.4, 0.5) is 5.69 Å². The molecule has 0 fully saturated rings. The molecule has 0 atom stereocenters. The molecule has 1 aromatic rings. The van der Waals surface area contributed by atoms with Crippen LogP contribution >= 0.6 is 0 Å². The Morgan fingerprint density at radius 3 is 2.50 bits per heavy atom. The third-order valence-corrected chi connectivity index (χ3v) is 1.88. The van der Waals surface area contributed by atoms with Gasteiger partial charge in [0.15, 0.2) is 5.71 Å². The maximum Gasteiger partial charge on any atom is 0.274 e. The average molecular weight is 221 g/mol. The Morgan fingerprint density at radius 1 is 1.38 bits per heavy atom. The average Bonchev–Trinajstić information content (AvgIpc) is 2.26. The van der Waals surface area contributed by atoms with Gasteiger partial charge in [-0.2, -0.15) is 0 Å². The van der Waals surface area contributed by atoms with Gasteiger partial charge in [-0.15, -0.1) is 0 Å². The number of carbonyl (C=O) groups excluding carboxylic acids is 1. The largest absolute Gasteiger partial charge is 0.410 e. The predicted octanol–water partition coefficient (Wildman–Crippen LogP) is 1.02. The molecule has 2 N–H and O–H groups in total. The number of nitrogens with zero attached hydrogens (tertiary/aromatic N) is 2. The molecule has 0 aromatic heterocycles. The van der Waals surface area contributed by atoms with Crippen molar-refractivity contribution in [3.8, 4) is 0 Å². The van der Waals surface area contributed by atoms with Crippen molar-refractivity contribution in [2.75, 3.05) is 26.0 Å². The van der Waals surface area contributed by atoms with Gasteiger partial charge in [0.1, 0.15) is 0 Å². The van der Waals surface area contributed by atoms with Gasteiger partial charge in [0.05, 0.1) is 0 Å². The third-order valence-electron chi connectivity index (χ3n) is 1.88. The Labute approximate surface area is 94.4 Å². The van der Waals surface area contributed by atoms with E-state index in [2.05, 4.69) is 10.5 Å². The Morgan fingerprint density at radius 2 is 2.00 bits per heavy atom. The normalized spacial score (nSPS) is 11.6. The second kappa shape index (κ2) is 5.87. The van der Waals surface area contributed by atoms with Crippen LogP contribution in [0.3, 0.4) is 0 Å². The lowest BCUT2D eigenvalue weighted by Gasteiger charge is -2.10. The van der Waals surface area contributed by atoms with E-state index in [1.54, 1.807) is 31.1 Å². The molecule has 0 aliphatic rings. The number of amides is 1. The molecule has 0 radical (unpaired) electrons. The summed E-state index contributed by atoms with van der Waals surface area (Å²) in [5, 5.41) is 14.4. The van der Waals surface area contributed by atoms with Gasteiger partial charge in [-0.25, -0.2) is 0 Å². The number of hydrogen-bond donors (Lipinski definition) is 2. The fourth-order valence-corrected chi connectivity index (χ4v) is 1.17. The quantitative estimate of drug-likeness (QED) is 0.453. The van der Waals surface area contributed by atoms with E-state index in [0.29, 0.717) is 5.69 Å². The molecule has 0 unspecified atom stereocenters. The SMILES string of the molecule is CN(C)C/C(=N\O)C(=O)Nc1ccccc1. The van der Waals surface area contributed by atoms with E-state index in [0.717, 1.165) is 0 Å². The van der Waals surface area contributed by atoms with Crippen molar-refractivity contribution in [1.82, 2.24) is 4.90 Å². The fraction of sp³-hybridized carbons (Fsp3) is 0.273. The first-order chi connectivity index (χ1) is 7.63. The lowest BCUT2D eigenvalue weighted by Crippen LogP contribution is -2.32. The molecule has 86 valence electrons. The van der Waals surface area contributed by atoms with Crippen LogP contribution in [0, 0.1) is 0 Å². The molecule has 1 rings (SSSR count). The lowest BCUT2D eigenvalue weighted by molar-refractivity contribution is -0.110. The van der Waals surface area contributed by atoms with Crippen molar-refractivity contribution >= 4 is 17.3 Å². The summed E-state index contributed by atoms with van der Waals surface area (Å²) < 4.78 is 0. The molecule has 1 amide bonds. The van der Waals surface area contributed by atoms with Gasteiger partial charge in [-0.05, 0) is 26.2 Å². The minimum Gasteiger partial charge on any atom is -0.410 e. The van der Waals surface area contributed by atoms with Gasteiger partial charge in [-0.1, -0.05) is 23.4 Å². The Balaban J connectivity index is 2.64.